The molecular weight excluding hydrogens is 308 g/mol. The first kappa shape index (κ1) is 16.3. The molecule has 22 heavy (non-hydrogen) atoms. The Balaban J connectivity index is 1.87. The van der Waals surface area contributed by atoms with Gasteiger partial charge in [-0.1, -0.05) is 0 Å². The number of amides is 2. The maximum atomic E-state index is 12.1. The fraction of sp³-hybridized carbons (Fsp3) is 0.500. The van der Waals surface area contributed by atoms with Crippen molar-refractivity contribution in [3.8, 4) is 0 Å². The predicted molar refractivity (Wildman–Crippen MR) is 79.8 cm³/mol. The number of carboxylic acid groups (broad SMARTS) is 1. The predicted octanol–water partition coefficient (Wildman–Crippen LogP) is 1.54. The Hall–Kier alpha value is -2.09. The second-order valence-corrected chi connectivity index (χ2v) is 6.62. The van der Waals surface area contributed by atoms with Gasteiger partial charge in [0.15, 0.2) is 0 Å². The third-order valence-electron chi connectivity index (χ3n) is 3.74. The number of carbonyl (C=O) groups excluding carboxylic acids is 2. The number of esters is 1. The Labute approximate surface area is 131 Å². The van der Waals surface area contributed by atoms with Crippen molar-refractivity contribution in [1.29, 1.82) is 0 Å². The quantitative estimate of drug-likeness (QED) is 0.818. The van der Waals surface area contributed by atoms with Crippen molar-refractivity contribution in [2.75, 3.05) is 20.2 Å². The van der Waals surface area contributed by atoms with Gasteiger partial charge in [-0.15, -0.1) is 11.3 Å². The van der Waals surface area contributed by atoms with Crippen LogP contribution in [0.25, 0.3) is 0 Å². The second-order valence-electron chi connectivity index (χ2n) is 5.45. The van der Waals surface area contributed by atoms with E-state index in [1.165, 1.54) is 23.3 Å². The summed E-state index contributed by atoms with van der Waals surface area (Å²) >= 11 is 1.25. The molecular formula is C14H18N2O5S. The van der Waals surface area contributed by atoms with Gasteiger partial charge in [0.05, 0.1) is 19.1 Å². The van der Waals surface area contributed by atoms with E-state index in [0.29, 0.717) is 24.4 Å². The first-order valence-electron chi connectivity index (χ1n) is 6.79. The van der Waals surface area contributed by atoms with Crippen LogP contribution < -0.4 is 5.32 Å². The minimum Gasteiger partial charge on any atom is -0.481 e. The molecule has 1 aliphatic heterocycles. The highest BCUT2D eigenvalue weighted by Gasteiger charge is 2.42. The van der Waals surface area contributed by atoms with Crippen LogP contribution in [0.3, 0.4) is 0 Å². The third kappa shape index (κ3) is 3.38. The number of aliphatic carboxylic acids is 1. The first-order valence-corrected chi connectivity index (χ1v) is 7.60. The number of rotatable bonds is 4. The van der Waals surface area contributed by atoms with Crippen molar-refractivity contribution in [2.24, 2.45) is 5.41 Å². The molecule has 1 aromatic heterocycles. The van der Waals surface area contributed by atoms with Crippen LogP contribution in [-0.4, -0.2) is 48.2 Å². The minimum absolute atomic E-state index is 0.200. The van der Waals surface area contributed by atoms with E-state index in [0.717, 1.165) is 4.88 Å². The number of hydrogen-bond acceptors (Lipinski definition) is 5. The molecule has 2 amide bonds. The number of methoxy groups -OCH3 is 1. The van der Waals surface area contributed by atoms with Gasteiger partial charge in [-0.2, -0.15) is 0 Å². The summed E-state index contributed by atoms with van der Waals surface area (Å²) in [5, 5.41) is 11.9. The van der Waals surface area contributed by atoms with Crippen molar-refractivity contribution in [2.45, 2.75) is 19.9 Å². The Morgan fingerprint density at radius 3 is 2.77 bits per heavy atom. The van der Waals surface area contributed by atoms with Gasteiger partial charge in [0.25, 0.3) is 0 Å². The maximum absolute atomic E-state index is 12.1. The zero-order chi connectivity index (χ0) is 16.3. The fourth-order valence-corrected chi connectivity index (χ4v) is 3.13. The zero-order valence-corrected chi connectivity index (χ0v) is 13.2. The van der Waals surface area contributed by atoms with Crippen LogP contribution in [0, 0.1) is 5.41 Å². The van der Waals surface area contributed by atoms with Crippen LogP contribution in [0.15, 0.2) is 12.1 Å². The Kier molecular flexibility index (Phi) is 4.70. The van der Waals surface area contributed by atoms with E-state index in [-0.39, 0.29) is 12.6 Å². The summed E-state index contributed by atoms with van der Waals surface area (Å²) < 4.78 is 4.62. The van der Waals surface area contributed by atoms with E-state index < -0.39 is 17.4 Å². The van der Waals surface area contributed by atoms with E-state index in [1.54, 1.807) is 19.1 Å². The van der Waals surface area contributed by atoms with E-state index in [2.05, 4.69) is 10.1 Å². The number of carboxylic acids is 1. The number of likely N-dealkylation sites (tertiary alicyclic amines) is 1. The summed E-state index contributed by atoms with van der Waals surface area (Å²) in [4.78, 5) is 37.4. The van der Waals surface area contributed by atoms with Gasteiger partial charge in [0.1, 0.15) is 4.88 Å². The molecule has 0 aromatic carbocycles. The van der Waals surface area contributed by atoms with Gasteiger partial charge >= 0.3 is 18.0 Å². The summed E-state index contributed by atoms with van der Waals surface area (Å²) in [6, 6.07) is 3.11. The number of hydrogen-bond donors (Lipinski definition) is 2. The van der Waals surface area contributed by atoms with Crippen molar-refractivity contribution in [3.63, 3.8) is 0 Å². The van der Waals surface area contributed by atoms with Crippen molar-refractivity contribution < 1.29 is 24.2 Å². The first-order chi connectivity index (χ1) is 10.4. The maximum Gasteiger partial charge on any atom is 0.348 e. The molecule has 1 fully saturated rings. The molecule has 2 heterocycles. The lowest BCUT2D eigenvalue weighted by atomic mass is 9.90. The number of thiophene rings is 1. The highest BCUT2D eigenvalue weighted by atomic mass is 32.1. The largest absolute Gasteiger partial charge is 0.481 e. The molecule has 1 aliphatic rings. The molecule has 0 bridgehead atoms. The molecule has 7 nitrogen and oxygen atoms in total. The topological polar surface area (TPSA) is 95.9 Å². The number of nitrogens with zero attached hydrogens (tertiary/aromatic N) is 1. The SMILES string of the molecule is COC(=O)c1ccc(CNC(=O)N2CCC(C)(C(=O)O)C2)s1. The van der Waals surface area contributed by atoms with Crippen LogP contribution in [0.2, 0.25) is 0 Å². The van der Waals surface area contributed by atoms with Crippen LogP contribution in [0.5, 0.6) is 0 Å². The molecule has 0 aliphatic carbocycles. The fourth-order valence-electron chi connectivity index (χ4n) is 2.27. The summed E-state index contributed by atoms with van der Waals surface area (Å²) in [5.74, 6) is -1.29. The molecule has 2 rings (SSSR count). The zero-order valence-electron chi connectivity index (χ0n) is 12.4. The second kappa shape index (κ2) is 6.35. The average Bonchev–Trinajstić information content (AvgIpc) is 3.11. The van der Waals surface area contributed by atoms with E-state index >= 15 is 0 Å². The monoisotopic (exact) mass is 326 g/mol. The van der Waals surface area contributed by atoms with Crippen molar-refractivity contribution >= 4 is 29.3 Å². The number of carbonyl (C=O) groups is 3. The molecule has 0 saturated carbocycles. The molecule has 1 aromatic rings. The number of urea groups is 1. The molecule has 2 N–H and O–H groups in total. The number of ether oxygens (including phenoxy) is 1. The van der Waals surface area contributed by atoms with Gasteiger partial charge in [-0.25, -0.2) is 9.59 Å². The van der Waals surface area contributed by atoms with Crippen molar-refractivity contribution in [3.05, 3.63) is 21.9 Å². The lowest BCUT2D eigenvalue weighted by Crippen LogP contribution is -2.40. The van der Waals surface area contributed by atoms with Crippen LogP contribution in [0.1, 0.15) is 27.9 Å². The van der Waals surface area contributed by atoms with Gasteiger partial charge in [0, 0.05) is 18.0 Å². The smallest absolute Gasteiger partial charge is 0.348 e. The van der Waals surface area contributed by atoms with Gasteiger partial charge in [-0.05, 0) is 25.5 Å². The van der Waals surface area contributed by atoms with Crippen LogP contribution in [0.4, 0.5) is 4.79 Å². The summed E-state index contributed by atoms with van der Waals surface area (Å²) in [6.07, 6.45) is 0.446. The molecule has 0 spiro atoms. The van der Waals surface area contributed by atoms with E-state index in [1.807, 2.05) is 0 Å². The van der Waals surface area contributed by atoms with Crippen LogP contribution in [-0.2, 0) is 16.1 Å². The molecule has 1 unspecified atom stereocenters. The lowest BCUT2D eigenvalue weighted by Gasteiger charge is -2.20. The van der Waals surface area contributed by atoms with E-state index in [4.69, 9.17) is 5.11 Å². The van der Waals surface area contributed by atoms with Gasteiger partial charge < -0.3 is 20.1 Å². The molecule has 1 saturated heterocycles. The Morgan fingerprint density at radius 1 is 1.45 bits per heavy atom. The third-order valence-corrected chi connectivity index (χ3v) is 4.80. The summed E-state index contributed by atoms with van der Waals surface area (Å²) in [7, 11) is 1.32. The standard InChI is InChI=1S/C14H18N2O5S/c1-14(12(18)19)5-6-16(8-14)13(20)15-7-9-3-4-10(22-9)11(17)21-2/h3-4H,5-8H2,1-2H3,(H,15,20)(H,18,19). The highest BCUT2D eigenvalue weighted by Crippen LogP contribution is 2.30. The summed E-state index contributed by atoms with van der Waals surface area (Å²) in [5.41, 5.74) is -0.877. The number of nitrogens with one attached hydrogen (secondary N) is 1. The Bertz CT molecular complexity index is 600. The van der Waals surface area contributed by atoms with Crippen LogP contribution >= 0.6 is 11.3 Å². The van der Waals surface area contributed by atoms with Gasteiger partial charge in [-0.3, -0.25) is 4.79 Å². The minimum atomic E-state index is -0.885. The average molecular weight is 326 g/mol. The normalized spacial score (nSPS) is 20.7. The molecule has 1 atom stereocenters. The molecule has 0 radical (unpaired) electrons. The molecule has 8 heteroatoms. The van der Waals surface area contributed by atoms with Crippen molar-refractivity contribution in [1.82, 2.24) is 10.2 Å². The van der Waals surface area contributed by atoms with Gasteiger partial charge in [0.2, 0.25) is 0 Å². The Morgan fingerprint density at radius 2 is 2.18 bits per heavy atom. The molecule has 120 valence electrons. The highest BCUT2D eigenvalue weighted by molar-refractivity contribution is 7.13. The van der Waals surface area contributed by atoms with E-state index in [9.17, 15) is 14.4 Å². The summed E-state index contributed by atoms with van der Waals surface area (Å²) in [6.45, 7) is 2.56. The lowest BCUT2D eigenvalue weighted by molar-refractivity contribution is -0.147.